The Morgan fingerprint density at radius 1 is 1.33 bits per heavy atom. The fourth-order valence-corrected chi connectivity index (χ4v) is 3.34. The molecule has 2 aromatic rings. The third-order valence-electron chi connectivity index (χ3n) is 4.50. The third kappa shape index (κ3) is 2.14. The zero-order chi connectivity index (χ0) is 14.2. The highest BCUT2D eigenvalue weighted by Crippen LogP contribution is 2.27. The maximum atomic E-state index is 12.7. The van der Waals surface area contributed by atoms with Gasteiger partial charge in [0.25, 0.3) is 5.91 Å². The van der Waals surface area contributed by atoms with E-state index in [2.05, 4.69) is 10.3 Å². The lowest BCUT2D eigenvalue weighted by Gasteiger charge is -2.16. The van der Waals surface area contributed by atoms with E-state index in [-0.39, 0.29) is 11.9 Å². The van der Waals surface area contributed by atoms with Crippen molar-refractivity contribution in [1.29, 1.82) is 0 Å². The molecule has 1 unspecified atom stereocenters. The second-order valence-corrected chi connectivity index (χ2v) is 5.82. The predicted octanol–water partition coefficient (Wildman–Crippen LogP) is 1.84. The van der Waals surface area contributed by atoms with Crippen LogP contribution in [0.25, 0.3) is 0 Å². The normalized spacial score (nSPS) is 21.5. The Labute approximate surface area is 122 Å². The van der Waals surface area contributed by atoms with E-state index in [1.807, 2.05) is 21.8 Å². The summed E-state index contributed by atoms with van der Waals surface area (Å²) >= 11 is 0. The van der Waals surface area contributed by atoms with Gasteiger partial charge in [-0.3, -0.25) is 9.48 Å². The SMILES string of the molecule is O=C(c1noc2c1CCCC2)N1CCC(n2cccn2)C1. The molecule has 1 atom stereocenters. The van der Waals surface area contributed by atoms with Crippen LogP contribution in [0, 0.1) is 0 Å². The van der Waals surface area contributed by atoms with Crippen LogP contribution in [-0.4, -0.2) is 38.8 Å². The molecule has 0 bridgehead atoms. The first-order chi connectivity index (χ1) is 10.3. The Morgan fingerprint density at radius 3 is 3.10 bits per heavy atom. The molecule has 4 rings (SSSR count). The maximum Gasteiger partial charge on any atom is 0.276 e. The summed E-state index contributed by atoms with van der Waals surface area (Å²) in [5.74, 6) is 0.920. The van der Waals surface area contributed by atoms with Crippen LogP contribution < -0.4 is 0 Å². The molecule has 0 aromatic carbocycles. The molecule has 0 saturated carbocycles. The number of hydrogen-bond acceptors (Lipinski definition) is 4. The molecule has 2 aromatic heterocycles. The summed E-state index contributed by atoms with van der Waals surface area (Å²) in [5.41, 5.74) is 1.57. The number of aryl methyl sites for hydroxylation is 1. The molecule has 6 heteroatoms. The van der Waals surface area contributed by atoms with Crippen molar-refractivity contribution in [2.24, 2.45) is 0 Å². The van der Waals surface area contributed by atoms with E-state index in [0.29, 0.717) is 12.2 Å². The average Bonchev–Trinajstić information content (AvgIpc) is 3.25. The first kappa shape index (κ1) is 12.6. The first-order valence-corrected chi connectivity index (χ1v) is 7.59. The van der Waals surface area contributed by atoms with E-state index in [1.165, 1.54) is 0 Å². The highest BCUT2D eigenvalue weighted by atomic mass is 16.5. The number of nitrogens with zero attached hydrogens (tertiary/aromatic N) is 4. The second-order valence-electron chi connectivity index (χ2n) is 5.82. The molecule has 0 radical (unpaired) electrons. The van der Waals surface area contributed by atoms with Gasteiger partial charge in [0.15, 0.2) is 5.69 Å². The molecule has 1 aliphatic heterocycles. The van der Waals surface area contributed by atoms with E-state index in [0.717, 1.165) is 50.0 Å². The van der Waals surface area contributed by atoms with Gasteiger partial charge < -0.3 is 9.42 Å². The van der Waals surface area contributed by atoms with Crippen LogP contribution in [0.5, 0.6) is 0 Å². The Hall–Kier alpha value is -2.11. The van der Waals surface area contributed by atoms with Crippen molar-refractivity contribution in [1.82, 2.24) is 19.8 Å². The van der Waals surface area contributed by atoms with Gasteiger partial charge in [0.05, 0.1) is 6.04 Å². The van der Waals surface area contributed by atoms with E-state index in [9.17, 15) is 4.79 Å². The van der Waals surface area contributed by atoms with Gasteiger partial charge in [-0.1, -0.05) is 5.16 Å². The van der Waals surface area contributed by atoms with Crippen molar-refractivity contribution in [3.8, 4) is 0 Å². The monoisotopic (exact) mass is 286 g/mol. The number of likely N-dealkylation sites (tertiary alicyclic amines) is 1. The van der Waals surface area contributed by atoms with Crippen LogP contribution in [-0.2, 0) is 12.8 Å². The Morgan fingerprint density at radius 2 is 2.24 bits per heavy atom. The number of carbonyl (C=O) groups is 1. The minimum atomic E-state index is 0.0107. The standard InChI is InChI=1S/C15H18N4O2/c20-15(14-12-4-1-2-5-13(12)21-17-14)18-9-6-11(10-18)19-8-3-7-16-19/h3,7-8,11H,1-2,4-6,9-10H2. The molecule has 6 nitrogen and oxygen atoms in total. The summed E-state index contributed by atoms with van der Waals surface area (Å²) in [6.45, 7) is 1.45. The van der Waals surface area contributed by atoms with Gasteiger partial charge in [0.1, 0.15) is 5.76 Å². The van der Waals surface area contributed by atoms with Gasteiger partial charge in [-0.2, -0.15) is 5.10 Å². The number of fused-ring (bicyclic) bond motifs is 1. The van der Waals surface area contributed by atoms with E-state index < -0.39 is 0 Å². The lowest BCUT2D eigenvalue weighted by molar-refractivity contribution is 0.0776. The molecule has 1 fully saturated rings. The predicted molar refractivity (Wildman–Crippen MR) is 74.9 cm³/mol. The molecule has 1 saturated heterocycles. The molecule has 2 aliphatic rings. The van der Waals surface area contributed by atoms with E-state index in [4.69, 9.17) is 4.52 Å². The van der Waals surface area contributed by atoms with Crippen LogP contribution in [0.3, 0.4) is 0 Å². The van der Waals surface area contributed by atoms with Crippen molar-refractivity contribution in [3.63, 3.8) is 0 Å². The van der Waals surface area contributed by atoms with Crippen LogP contribution in [0.15, 0.2) is 23.0 Å². The summed E-state index contributed by atoms with van der Waals surface area (Å²) in [6.07, 6.45) is 8.73. The number of amides is 1. The lowest BCUT2D eigenvalue weighted by Crippen LogP contribution is -2.30. The van der Waals surface area contributed by atoms with E-state index >= 15 is 0 Å². The molecule has 110 valence electrons. The molecule has 3 heterocycles. The molecule has 1 aliphatic carbocycles. The largest absolute Gasteiger partial charge is 0.360 e. The zero-order valence-corrected chi connectivity index (χ0v) is 11.9. The van der Waals surface area contributed by atoms with Crippen molar-refractivity contribution in [2.45, 2.75) is 38.1 Å². The number of hydrogen-bond donors (Lipinski definition) is 0. The van der Waals surface area contributed by atoms with E-state index in [1.54, 1.807) is 6.20 Å². The van der Waals surface area contributed by atoms with Gasteiger partial charge in [-0.15, -0.1) is 0 Å². The van der Waals surface area contributed by atoms with Crippen molar-refractivity contribution in [3.05, 3.63) is 35.5 Å². The van der Waals surface area contributed by atoms with Gasteiger partial charge in [0.2, 0.25) is 0 Å². The molecule has 21 heavy (non-hydrogen) atoms. The second kappa shape index (κ2) is 5.02. The maximum absolute atomic E-state index is 12.7. The van der Waals surface area contributed by atoms with Gasteiger partial charge in [-0.05, 0) is 31.7 Å². The number of rotatable bonds is 2. The van der Waals surface area contributed by atoms with Crippen LogP contribution >= 0.6 is 0 Å². The summed E-state index contributed by atoms with van der Waals surface area (Å²) in [5, 5.41) is 8.31. The summed E-state index contributed by atoms with van der Waals surface area (Å²) in [7, 11) is 0. The summed E-state index contributed by atoms with van der Waals surface area (Å²) in [4.78, 5) is 14.5. The van der Waals surface area contributed by atoms with Crippen LogP contribution in [0.4, 0.5) is 0 Å². The highest BCUT2D eigenvalue weighted by molar-refractivity contribution is 5.94. The van der Waals surface area contributed by atoms with Crippen molar-refractivity contribution >= 4 is 5.91 Å². The molecular weight excluding hydrogens is 268 g/mol. The Kier molecular flexibility index (Phi) is 3.02. The Balaban J connectivity index is 1.52. The fraction of sp³-hybridized carbons (Fsp3) is 0.533. The molecule has 0 spiro atoms. The van der Waals surface area contributed by atoms with Crippen molar-refractivity contribution in [2.75, 3.05) is 13.1 Å². The third-order valence-corrected chi connectivity index (χ3v) is 4.50. The summed E-state index contributed by atoms with van der Waals surface area (Å²) in [6, 6.07) is 2.19. The number of carbonyl (C=O) groups excluding carboxylic acids is 1. The summed E-state index contributed by atoms with van der Waals surface area (Å²) < 4.78 is 7.29. The minimum Gasteiger partial charge on any atom is -0.360 e. The lowest BCUT2D eigenvalue weighted by atomic mass is 9.96. The van der Waals surface area contributed by atoms with Gasteiger partial charge >= 0.3 is 0 Å². The minimum absolute atomic E-state index is 0.0107. The van der Waals surface area contributed by atoms with Crippen molar-refractivity contribution < 1.29 is 9.32 Å². The highest BCUT2D eigenvalue weighted by Gasteiger charge is 2.32. The molecule has 1 amide bonds. The Bertz CT molecular complexity index is 647. The number of aromatic nitrogens is 3. The van der Waals surface area contributed by atoms with Gasteiger partial charge in [-0.25, -0.2) is 0 Å². The average molecular weight is 286 g/mol. The van der Waals surface area contributed by atoms with Gasteiger partial charge in [0, 0.05) is 37.5 Å². The van der Waals surface area contributed by atoms with Crippen LogP contribution in [0.1, 0.15) is 47.1 Å². The molecule has 0 N–H and O–H groups in total. The zero-order valence-electron chi connectivity index (χ0n) is 11.9. The topological polar surface area (TPSA) is 64.2 Å². The quantitative estimate of drug-likeness (QED) is 0.845. The smallest absolute Gasteiger partial charge is 0.276 e. The fourth-order valence-electron chi connectivity index (χ4n) is 3.34. The van der Waals surface area contributed by atoms with Crippen LogP contribution in [0.2, 0.25) is 0 Å². The molecular formula is C15H18N4O2. The first-order valence-electron chi connectivity index (χ1n) is 7.59.